The van der Waals surface area contributed by atoms with Crippen LogP contribution in [0.1, 0.15) is 30.9 Å². The highest BCUT2D eigenvalue weighted by atomic mass is 16.4. The Labute approximate surface area is 131 Å². The molecule has 1 aliphatic heterocycles. The van der Waals surface area contributed by atoms with Crippen LogP contribution in [0.2, 0.25) is 0 Å². The van der Waals surface area contributed by atoms with Gasteiger partial charge in [-0.05, 0) is 63.9 Å². The molecule has 1 aromatic rings. The minimum atomic E-state index is -0.729. The lowest BCUT2D eigenvalue weighted by molar-refractivity contribution is -0.143. The molecule has 22 heavy (non-hydrogen) atoms. The van der Waals surface area contributed by atoms with Crippen molar-refractivity contribution >= 4 is 17.6 Å². The molecular formula is C17H24N2O3. The summed E-state index contributed by atoms with van der Waals surface area (Å²) in [5, 5.41) is 12.0. The van der Waals surface area contributed by atoms with Gasteiger partial charge in [-0.2, -0.15) is 0 Å². The number of carboxylic acids is 1. The lowest BCUT2D eigenvalue weighted by atomic mass is 9.96. The van der Waals surface area contributed by atoms with Crippen molar-refractivity contribution in [3.8, 4) is 0 Å². The normalized spacial score (nSPS) is 18.0. The van der Waals surface area contributed by atoms with E-state index in [0.29, 0.717) is 25.9 Å². The maximum absolute atomic E-state index is 12.4. The number of rotatable bonds is 4. The Hall–Kier alpha value is -1.88. The van der Waals surface area contributed by atoms with Crippen LogP contribution in [-0.4, -0.2) is 41.0 Å². The summed E-state index contributed by atoms with van der Waals surface area (Å²) in [5.74, 6) is -1.04. The molecule has 2 N–H and O–H groups in total. The first kappa shape index (κ1) is 16.5. The molecule has 0 bridgehead atoms. The maximum atomic E-state index is 12.4. The van der Waals surface area contributed by atoms with Gasteiger partial charge in [0.05, 0.1) is 12.0 Å². The van der Waals surface area contributed by atoms with Crippen LogP contribution < -0.4 is 5.32 Å². The Morgan fingerprint density at radius 2 is 1.91 bits per heavy atom. The summed E-state index contributed by atoms with van der Waals surface area (Å²) in [4.78, 5) is 25.5. The van der Waals surface area contributed by atoms with Crippen LogP contribution in [0.3, 0.4) is 0 Å². The number of nitrogens with zero attached hydrogens (tertiary/aromatic N) is 1. The molecule has 0 saturated carbocycles. The molecule has 1 unspecified atom stereocenters. The van der Waals surface area contributed by atoms with Crippen LogP contribution in [-0.2, 0) is 9.59 Å². The number of hydrogen-bond acceptors (Lipinski definition) is 3. The highest BCUT2D eigenvalue weighted by molar-refractivity contribution is 5.95. The second kappa shape index (κ2) is 6.92. The molecule has 2 rings (SSSR count). The van der Waals surface area contributed by atoms with E-state index >= 15 is 0 Å². The first-order valence-electron chi connectivity index (χ1n) is 7.73. The molecule has 0 spiro atoms. The van der Waals surface area contributed by atoms with Gasteiger partial charge in [-0.25, -0.2) is 0 Å². The molecule has 5 heteroatoms. The van der Waals surface area contributed by atoms with E-state index in [9.17, 15) is 9.59 Å². The van der Waals surface area contributed by atoms with Crippen molar-refractivity contribution in [2.75, 3.05) is 18.4 Å². The topological polar surface area (TPSA) is 69.6 Å². The van der Waals surface area contributed by atoms with Crippen molar-refractivity contribution in [1.82, 2.24) is 4.90 Å². The highest BCUT2D eigenvalue weighted by Crippen LogP contribution is 2.21. The van der Waals surface area contributed by atoms with Crippen LogP contribution in [0.4, 0.5) is 5.69 Å². The average Bonchev–Trinajstić information content (AvgIpc) is 2.50. The zero-order valence-corrected chi connectivity index (χ0v) is 13.4. The van der Waals surface area contributed by atoms with Crippen LogP contribution in [0.15, 0.2) is 18.2 Å². The number of benzene rings is 1. The minimum Gasteiger partial charge on any atom is -0.481 e. The van der Waals surface area contributed by atoms with Crippen LogP contribution in [0.25, 0.3) is 0 Å². The number of anilines is 1. The minimum absolute atomic E-state index is 0.0394. The fourth-order valence-corrected chi connectivity index (χ4v) is 2.81. The lowest BCUT2D eigenvalue weighted by Crippen LogP contribution is -2.47. The fraction of sp³-hybridized carbons (Fsp3) is 0.529. The van der Waals surface area contributed by atoms with E-state index in [1.807, 2.05) is 39.0 Å². The number of carbonyl (C=O) groups excluding carboxylic acids is 1. The third-order valence-electron chi connectivity index (χ3n) is 4.46. The van der Waals surface area contributed by atoms with Gasteiger partial charge in [0.25, 0.3) is 0 Å². The van der Waals surface area contributed by atoms with Gasteiger partial charge in [0.1, 0.15) is 0 Å². The van der Waals surface area contributed by atoms with Gasteiger partial charge < -0.3 is 10.4 Å². The van der Waals surface area contributed by atoms with Crippen LogP contribution in [0, 0.1) is 19.8 Å². The van der Waals surface area contributed by atoms with Crippen molar-refractivity contribution in [1.29, 1.82) is 0 Å². The van der Waals surface area contributed by atoms with E-state index in [-0.39, 0.29) is 17.9 Å². The SMILES string of the molecule is Cc1ccc(C)c(NC(=O)C(C)N2CCC(C(=O)O)CC2)c1. The Morgan fingerprint density at radius 1 is 1.27 bits per heavy atom. The summed E-state index contributed by atoms with van der Waals surface area (Å²) in [6.07, 6.45) is 1.22. The van der Waals surface area contributed by atoms with Gasteiger partial charge in [0.2, 0.25) is 5.91 Å². The number of hydrogen-bond donors (Lipinski definition) is 2. The Kier molecular flexibility index (Phi) is 5.19. The zero-order chi connectivity index (χ0) is 16.3. The first-order valence-corrected chi connectivity index (χ1v) is 7.73. The summed E-state index contributed by atoms with van der Waals surface area (Å²) in [5.41, 5.74) is 2.99. The highest BCUT2D eigenvalue weighted by Gasteiger charge is 2.29. The van der Waals surface area contributed by atoms with E-state index in [1.165, 1.54) is 0 Å². The standard InChI is InChI=1S/C17H24N2O3/c1-11-4-5-12(2)15(10-11)18-16(20)13(3)19-8-6-14(7-9-19)17(21)22/h4-5,10,13-14H,6-9H2,1-3H3,(H,18,20)(H,21,22). The molecule has 0 aromatic heterocycles. The average molecular weight is 304 g/mol. The summed E-state index contributed by atoms with van der Waals surface area (Å²) >= 11 is 0. The number of likely N-dealkylation sites (tertiary alicyclic amines) is 1. The van der Waals surface area contributed by atoms with Crippen molar-refractivity contribution in [3.63, 3.8) is 0 Å². The Balaban J connectivity index is 1.95. The van der Waals surface area contributed by atoms with E-state index in [2.05, 4.69) is 10.2 Å². The number of nitrogens with one attached hydrogen (secondary N) is 1. The van der Waals surface area contributed by atoms with E-state index < -0.39 is 5.97 Å². The van der Waals surface area contributed by atoms with Crippen molar-refractivity contribution in [3.05, 3.63) is 29.3 Å². The quantitative estimate of drug-likeness (QED) is 0.896. The van der Waals surface area contributed by atoms with Gasteiger partial charge >= 0.3 is 5.97 Å². The lowest BCUT2D eigenvalue weighted by Gasteiger charge is -2.34. The van der Waals surface area contributed by atoms with Gasteiger partial charge in [0.15, 0.2) is 0 Å². The Bertz CT molecular complexity index is 563. The monoisotopic (exact) mass is 304 g/mol. The second-order valence-corrected chi connectivity index (χ2v) is 6.13. The van der Waals surface area contributed by atoms with Crippen LogP contribution >= 0.6 is 0 Å². The number of carboxylic acid groups (broad SMARTS) is 1. The Morgan fingerprint density at radius 3 is 2.50 bits per heavy atom. The van der Waals surface area contributed by atoms with E-state index in [0.717, 1.165) is 16.8 Å². The van der Waals surface area contributed by atoms with Gasteiger partial charge in [-0.15, -0.1) is 0 Å². The van der Waals surface area contributed by atoms with Gasteiger partial charge in [0, 0.05) is 5.69 Å². The number of carbonyl (C=O) groups is 2. The smallest absolute Gasteiger partial charge is 0.306 e. The van der Waals surface area contributed by atoms with Crippen molar-refractivity contribution < 1.29 is 14.7 Å². The molecule has 0 aliphatic carbocycles. The van der Waals surface area contributed by atoms with Crippen molar-refractivity contribution in [2.24, 2.45) is 5.92 Å². The van der Waals surface area contributed by atoms with E-state index in [4.69, 9.17) is 5.11 Å². The third kappa shape index (κ3) is 3.85. The molecule has 1 saturated heterocycles. The molecule has 1 aromatic carbocycles. The number of amides is 1. The second-order valence-electron chi connectivity index (χ2n) is 6.13. The number of aryl methyl sites for hydroxylation is 2. The van der Waals surface area contributed by atoms with Crippen molar-refractivity contribution in [2.45, 2.75) is 39.7 Å². The maximum Gasteiger partial charge on any atom is 0.306 e. The summed E-state index contributed by atoms with van der Waals surface area (Å²) in [6, 6.07) is 5.73. The molecule has 120 valence electrons. The molecular weight excluding hydrogens is 280 g/mol. The summed E-state index contributed by atoms with van der Waals surface area (Å²) in [7, 11) is 0. The molecule has 1 heterocycles. The summed E-state index contributed by atoms with van der Waals surface area (Å²) < 4.78 is 0. The molecule has 1 atom stereocenters. The zero-order valence-electron chi connectivity index (χ0n) is 13.4. The molecule has 0 radical (unpaired) electrons. The van der Waals surface area contributed by atoms with E-state index in [1.54, 1.807) is 0 Å². The fourth-order valence-electron chi connectivity index (χ4n) is 2.81. The third-order valence-corrected chi connectivity index (χ3v) is 4.46. The van der Waals surface area contributed by atoms with Gasteiger partial charge in [-0.1, -0.05) is 12.1 Å². The number of piperidine rings is 1. The van der Waals surface area contributed by atoms with Gasteiger partial charge in [-0.3, -0.25) is 14.5 Å². The van der Waals surface area contributed by atoms with Crippen LogP contribution in [0.5, 0.6) is 0 Å². The first-order chi connectivity index (χ1) is 10.4. The predicted octanol–water partition coefficient (Wildman–Crippen LogP) is 2.43. The summed E-state index contributed by atoms with van der Waals surface area (Å²) in [6.45, 7) is 7.14. The predicted molar refractivity (Wildman–Crippen MR) is 85.9 cm³/mol. The molecule has 1 amide bonds. The molecule has 1 fully saturated rings. The number of aliphatic carboxylic acids is 1. The molecule has 1 aliphatic rings. The largest absolute Gasteiger partial charge is 0.481 e. The molecule has 5 nitrogen and oxygen atoms in total.